The summed E-state index contributed by atoms with van der Waals surface area (Å²) >= 11 is 0. The molecule has 0 aliphatic carbocycles. The SMILES string of the molecule is COC(=O)C1=C(C(=O)OC)[C@@](C#N)(c2ccccc2)O[C@]1(C#N)c1ccccc1. The van der Waals surface area contributed by atoms with Crippen molar-refractivity contribution in [1.29, 1.82) is 10.5 Å². The quantitative estimate of drug-likeness (QED) is 0.740. The Morgan fingerprint density at radius 2 is 1.10 bits per heavy atom. The zero-order valence-electron chi connectivity index (χ0n) is 15.7. The minimum atomic E-state index is -2.05. The minimum Gasteiger partial charge on any atom is -0.466 e. The monoisotopic (exact) mass is 388 g/mol. The highest BCUT2D eigenvalue weighted by Gasteiger charge is 2.63. The molecule has 0 aromatic heterocycles. The van der Waals surface area contributed by atoms with Gasteiger partial charge in [0.15, 0.2) is 0 Å². The first-order chi connectivity index (χ1) is 14.0. The van der Waals surface area contributed by atoms with E-state index in [1.165, 1.54) is 0 Å². The molecule has 29 heavy (non-hydrogen) atoms. The average Bonchev–Trinajstić information content (AvgIpc) is 3.12. The molecule has 144 valence electrons. The van der Waals surface area contributed by atoms with Crippen LogP contribution in [-0.4, -0.2) is 26.2 Å². The van der Waals surface area contributed by atoms with Crippen LogP contribution in [0, 0.1) is 22.7 Å². The molecule has 2 aromatic rings. The van der Waals surface area contributed by atoms with Crippen LogP contribution in [-0.2, 0) is 35.0 Å². The predicted octanol–water partition coefficient (Wildman–Crippen LogP) is 2.50. The molecule has 0 saturated carbocycles. The van der Waals surface area contributed by atoms with Gasteiger partial charge in [-0.25, -0.2) is 9.59 Å². The number of carbonyl (C=O) groups excluding carboxylic acids is 2. The number of hydrogen-bond donors (Lipinski definition) is 0. The summed E-state index contributed by atoms with van der Waals surface area (Å²) < 4.78 is 15.8. The smallest absolute Gasteiger partial charge is 0.338 e. The number of methoxy groups -OCH3 is 2. The third-order valence-electron chi connectivity index (χ3n) is 4.71. The molecule has 2 atom stereocenters. The van der Waals surface area contributed by atoms with E-state index in [-0.39, 0.29) is 22.3 Å². The minimum absolute atomic E-state index is 0.275. The second-order valence-corrected chi connectivity index (χ2v) is 6.15. The van der Waals surface area contributed by atoms with Crippen molar-refractivity contribution in [3.63, 3.8) is 0 Å². The van der Waals surface area contributed by atoms with E-state index in [9.17, 15) is 20.1 Å². The fourth-order valence-electron chi connectivity index (χ4n) is 3.42. The van der Waals surface area contributed by atoms with Gasteiger partial charge in [-0.3, -0.25) is 0 Å². The van der Waals surface area contributed by atoms with Gasteiger partial charge in [0, 0.05) is 11.1 Å². The van der Waals surface area contributed by atoms with Crippen molar-refractivity contribution >= 4 is 11.9 Å². The first kappa shape index (κ1) is 19.8. The molecule has 0 spiro atoms. The third kappa shape index (κ3) is 2.85. The first-order valence-corrected chi connectivity index (χ1v) is 8.56. The summed E-state index contributed by atoms with van der Waals surface area (Å²) in [6.45, 7) is 0. The fourth-order valence-corrected chi connectivity index (χ4v) is 3.42. The van der Waals surface area contributed by atoms with Crippen molar-refractivity contribution in [2.75, 3.05) is 14.2 Å². The molecule has 0 radical (unpaired) electrons. The highest BCUT2D eigenvalue weighted by atomic mass is 16.6. The molecule has 2 aromatic carbocycles. The molecule has 7 heteroatoms. The normalized spacial score (nSPS) is 23.0. The maximum atomic E-state index is 12.8. The Morgan fingerprint density at radius 1 is 0.759 bits per heavy atom. The van der Waals surface area contributed by atoms with E-state index in [2.05, 4.69) is 0 Å². The highest BCUT2D eigenvalue weighted by molar-refractivity contribution is 6.05. The van der Waals surface area contributed by atoms with Crippen LogP contribution in [0.5, 0.6) is 0 Å². The molecule has 0 amide bonds. The van der Waals surface area contributed by atoms with E-state index in [1.54, 1.807) is 60.7 Å². The summed E-state index contributed by atoms with van der Waals surface area (Å²) in [5.74, 6) is -1.94. The van der Waals surface area contributed by atoms with E-state index >= 15 is 0 Å². The van der Waals surface area contributed by atoms with Crippen LogP contribution in [0.3, 0.4) is 0 Å². The number of nitriles is 2. The van der Waals surface area contributed by atoms with E-state index in [1.807, 2.05) is 12.1 Å². The zero-order chi connectivity index (χ0) is 21.1. The van der Waals surface area contributed by atoms with Crippen LogP contribution in [0.25, 0.3) is 0 Å². The van der Waals surface area contributed by atoms with Gasteiger partial charge in [0.1, 0.15) is 23.3 Å². The number of ether oxygens (including phenoxy) is 3. The topological polar surface area (TPSA) is 109 Å². The molecular formula is C22H16N2O5. The molecule has 1 heterocycles. The molecule has 0 bridgehead atoms. The van der Waals surface area contributed by atoms with Gasteiger partial charge in [0.05, 0.1) is 14.2 Å². The van der Waals surface area contributed by atoms with Gasteiger partial charge in [-0.05, 0) is 0 Å². The fraction of sp³-hybridized carbons (Fsp3) is 0.182. The summed E-state index contributed by atoms with van der Waals surface area (Å²) in [6.07, 6.45) is 0. The summed E-state index contributed by atoms with van der Waals surface area (Å²) in [7, 11) is 2.23. The van der Waals surface area contributed by atoms with Crippen molar-refractivity contribution < 1.29 is 23.8 Å². The van der Waals surface area contributed by atoms with Crippen molar-refractivity contribution in [2.45, 2.75) is 11.2 Å². The first-order valence-electron chi connectivity index (χ1n) is 8.56. The van der Waals surface area contributed by atoms with Crippen LogP contribution in [0.15, 0.2) is 71.8 Å². The van der Waals surface area contributed by atoms with Crippen LogP contribution in [0.1, 0.15) is 11.1 Å². The second-order valence-electron chi connectivity index (χ2n) is 6.15. The summed E-state index contributed by atoms with van der Waals surface area (Å²) in [5, 5.41) is 20.3. The van der Waals surface area contributed by atoms with Crippen molar-refractivity contribution in [3.8, 4) is 12.1 Å². The van der Waals surface area contributed by atoms with Gasteiger partial charge in [-0.15, -0.1) is 0 Å². The Labute approximate surface area is 167 Å². The number of benzene rings is 2. The molecule has 1 aliphatic heterocycles. The van der Waals surface area contributed by atoms with E-state index in [0.29, 0.717) is 0 Å². The Hall–Kier alpha value is -3.94. The molecule has 0 fully saturated rings. The maximum absolute atomic E-state index is 12.8. The Balaban J connectivity index is 2.47. The van der Waals surface area contributed by atoms with Crippen LogP contribution < -0.4 is 0 Å². The molecule has 7 nitrogen and oxygen atoms in total. The predicted molar refractivity (Wildman–Crippen MR) is 99.6 cm³/mol. The van der Waals surface area contributed by atoms with Gasteiger partial charge in [-0.1, -0.05) is 60.7 Å². The van der Waals surface area contributed by atoms with Crippen molar-refractivity contribution in [2.24, 2.45) is 0 Å². The van der Waals surface area contributed by atoms with Crippen LogP contribution in [0.4, 0.5) is 0 Å². The molecule has 1 aliphatic rings. The van der Waals surface area contributed by atoms with Crippen molar-refractivity contribution in [3.05, 3.63) is 82.9 Å². The largest absolute Gasteiger partial charge is 0.466 e. The van der Waals surface area contributed by atoms with Gasteiger partial charge in [-0.2, -0.15) is 10.5 Å². The summed E-state index contributed by atoms with van der Waals surface area (Å²) in [6, 6.07) is 20.3. The molecule has 3 rings (SSSR count). The van der Waals surface area contributed by atoms with Crippen LogP contribution in [0.2, 0.25) is 0 Å². The van der Waals surface area contributed by atoms with Gasteiger partial charge in [0.25, 0.3) is 0 Å². The summed E-state index contributed by atoms with van der Waals surface area (Å²) in [5.41, 5.74) is -4.32. The second kappa shape index (κ2) is 7.59. The maximum Gasteiger partial charge on any atom is 0.338 e. The summed E-state index contributed by atoms with van der Waals surface area (Å²) in [4.78, 5) is 25.6. The van der Waals surface area contributed by atoms with Gasteiger partial charge >= 0.3 is 11.9 Å². The van der Waals surface area contributed by atoms with Crippen LogP contribution >= 0.6 is 0 Å². The lowest BCUT2D eigenvalue weighted by Crippen LogP contribution is -2.36. The number of esters is 2. The lowest BCUT2D eigenvalue weighted by Gasteiger charge is -2.29. The number of nitrogens with zero attached hydrogens (tertiary/aromatic N) is 2. The standard InChI is InChI=1S/C22H16N2O5/c1-27-19(25)17-18(20(26)28-2)22(14-24,16-11-7-4-8-12-16)29-21(17,13-23)15-9-5-3-6-10-15/h3-12H,1-2H3/t21-,22-/m1/s1. The average molecular weight is 388 g/mol. The Kier molecular flexibility index (Phi) is 5.18. The molecule has 0 unspecified atom stereocenters. The van der Waals surface area contributed by atoms with E-state index in [0.717, 1.165) is 14.2 Å². The van der Waals surface area contributed by atoms with Crippen molar-refractivity contribution in [1.82, 2.24) is 0 Å². The lowest BCUT2D eigenvalue weighted by atomic mass is 9.82. The number of carbonyl (C=O) groups is 2. The highest BCUT2D eigenvalue weighted by Crippen LogP contribution is 2.53. The van der Waals surface area contributed by atoms with Gasteiger partial charge in [0.2, 0.25) is 11.2 Å². The number of rotatable bonds is 4. The lowest BCUT2D eigenvalue weighted by molar-refractivity contribution is -0.139. The Morgan fingerprint density at radius 3 is 1.38 bits per heavy atom. The molecule has 0 saturated heterocycles. The van der Waals surface area contributed by atoms with Gasteiger partial charge < -0.3 is 14.2 Å². The molecular weight excluding hydrogens is 372 g/mol. The van der Waals surface area contributed by atoms with E-state index < -0.39 is 23.1 Å². The third-order valence-corrected chi connectivity index (χ3v) is 4.71. The Bertz CT molecular complexity index is 980. The molecule has 0 N–H and O–H groups in total. The number of hydrogen-bond acceptors (Lipinski definition) is 7. The zero-order valence-corrected chi connectivity index (χ0v) is 15.7. The van der Waals surface area contributed by atoms with E-state index in [4.69, 9.17) is 14.2 Å².